The van der Waals surface area contributed by atoms with E-state index in [1.807, 2.05) is 0 Å². The lowest BCUT2D eigenvalue weighted by Gasteiger charge is -2.43. The van der Waals surface area contributed by atoms with Crippen molar-refractivity contribution in [2.45, 2.75) is 39.7 Å². The van der Waals surface area contributed by atoms with Gasteiger partial charge in [-0.2, -0.15) is 0 Å². The quantitative estimate of drug-likeness (QED) is 0.862. The van der Waals surface area contributed by atoms with Gasteiger partial charge in [0, 0.05) is 11.1 Å². The molecule has 4 rings (SSSR count). The average molecular weight is 333 g/mol. The highest BCUT2D eigenvalue weighted by Crippen LogP contribution is 2.42. The first-order valence-corrected chi connectivity index (χ1v) is 9.33. The maximum atomic E-state index is 5.07. The Morgan fingerprint density at radius 2 is 1.80 bits per heavy atom. The highest BCUT2D eigenvalue weighted by Gasteiger charge is 2.41. The SMILES string of the molecule is Cc1cc(C)c2c(c1)CC1(CCNCC1)C(=NCc1ccccc1)N2. The third kappa shape index (κ3) is 3.21. The van der Waals surface area contributed by atoms with E-state index in [1.165, 1.54) is 33.8 Å². The van der Waals surface area contributed by atoms with Crippen molar-refractivity contribution in [2.75, 3.05) is 18.4 Å². The summed E-state index contributed by atoms with van der Waals surface area (Å²) in [6.07, 6.45) is 3.41. The average Bonchev–Trinajstić information content (AvgIpc) is 2.61. The number of anilines is 1. The van der Waals surface area contributed by atoms with Gasteiger partial charge in [0.15, 0.2) is 0 Å². The van der Waals surface area contributed by atoms with E-state index < -0.39 is 0 Å². The van der Waals surface area contributed by atoms with Gasteiger partial charge in [-0.25, -0.2) is 0 Å². The van der Waals surface area contributed by atoms with Crippen molar-refractivity contribution in [3.63, 3.8) is 0 Å². The Bertz CT molecular complexity index is 786. The number of aryl methyl sites for hydroxylation is 2. The van der Waals surface area contributed by atoms with Gasteiger partial charge >= 0.3 is 0 Å². The Labute approximate surface area is 150 Å². The molecule has 2 N–H and O–H groups in total. The monoisotopic (exact) mass is 333 g/mol. The minimum absolute atomic E-state index is 0.160. The normalized spacial score (nSPS) is 20.3. The fraction of sp³-hybridized carbons (Fsp3) is 0.409. The van der Waals surface area contributed by atoms with Gasteiger partial charge in [0.2, 0.25) is 0 Å². The summed E-state index contributed by atoms with van der Waals surface area (Å²) in [7, 11) is 0. The van der Waals surface area contributed by atoms with Crippen LogP contribution in [0.25, 0.3) is 0 Å². The first kappa shape index (κ1) is 16.3. The molecule has 1 saturated heterocycles. The summed E-state index contributed by atoms with van der Waals surface area (Å²) in [6.45, 7) is 7.30. The number of nitrogens with one attached hydrogen (secondary N) is 2. The van der Waals surface area contributed by atoms with Crippen LogP contribution in [-0.2, 0) is 13.0 Å². The predicted molar refractivity (Wildman–Crippen MR) is 105 cm³/mol. The third-order valence-corrected chi connectivity index (χ3v) is 5.66. The first-order chi connectivity index (χ1) is 12.2. The maximum absolute atomic E-state index is 5.07. The van der Waals surface area contributed by atoms with Crippen molar-refractivity contribution in [3.05, 3.63) is 64.7 Å². The topological polar surface area (TPSA) is 36.4 Å². The lowest BCUT2D eigenvalue weighted by atomic mass is 9.70. The molecule has 0 radical (unpaired) electrons. The van der Waals surface area contributed by atoms with E-state index in [0.29, 0.717) is 0 Å². The number of hydrogen-bond acceptors (Lipinski definition) is 2. The molecule has 2 aromatic rings. The summed E-state index contributed by atoms with van der Waals surface area (Å²) in [5.41, 5.74) is 6.85. The zero-order valence-electron chi connectivity index (χ0n) is 15.2. The second-order valence-corrected chi connectivity index (χ2v) is 7.60. The van der Waals surface area contributed by atoms with Crippen LogP contribution in [0.15, 0.2) is 47.5 Å². The number of aliphatic imine (C=N–C) groups is 1. The van der Waals surface area contributed by atoms with Crippen LogP contribution in [0.2, 0.25) is 0 Å². The van der Waals surface area contributed by atoms with E-state index in [0.717, 1.165) is 38.9 Å². The van der Waals surface area contributed by atoms with Crippen LogP contribution in [-0.4, -0.2) is 18.9 Å². The Hall–Kier alpha value is -2.13. The molecule has 2 aliphatic rings. The summed E-state index contributed by atoms with van der Waals surface area (Å²) >= 11 is 0. The van der Waals surface area contributed by atoms with E-state index in [2.05, 4.69) is 66.9 Å². The fourth-order valence-electron chi connectivity index (χ4n) is 4.35. The van der Waals surface area contributed by atoms with Gasteiger partial charge in [0.25, 0.3) is 0 Å². The molecule has 0 amide bonds. The summed E-state index contributed by atoms with van der Waals surface area (Å²) < 4.78 is 0. The summed E-state index contributed by atoms with van der Waals surface area (Å²) in [5.74, 6) is 1.19. The Morgan fingerprint density at radius 1 is 1.04 bits per heavy atom. The zero-order chi connectivity index (χ0) is 17.3. The Kier molecular flexibility index (Phi) is 4.34. The van der Waals surface area contributed by atoms with Crippen LogP contribution in [0.1, 0.15) is 35.1 Å². The number of amidine groups is 1. The Balaban J connectivity index is 1.72. The van der Waals surface area contributed by atoms with Crippen LogP contribution in [0.3, 0.4) is 0 Å². The fourth-order valence-corrected chi connectivity index (χ4v) is 4.35. The summed E-state index contributed by atoms with van der Waals surface area (Å²) in [6, 6.07) is 15.2. The number of piperidine rings is 1. The van der Waals surface area contributed by atoms with Gasteiger partial charge in [-0.1, -0.05) is 48.0 Å². The number of fused-ring (bicyclic) bond motifs is 1. The largest absolute Gasteiger partial charge is 0.343 e. The molecule has 130 valence electrons. The molecule has 2 aliphatic heterocycles. The number of rotatable bonds is 2. The highest BCUT2D eigenvalue weighted by atomic mass is 15.0. The summed E-state index contributed by atoms with van der Waals surface area (Å²) in [5, 5.41) is 7.26. The lowest BCUT2D eigenvalue weighted by molar-refractivity contribution is 0.293. The van der Waals surface area contributed by atoms with Crippen molar-refractivity contribution >= 4 is 11.5 Å². The third-order valence-electron chi connectivity index (χ3n) is 5.66. The van der Waals surface area contributed by atoms with Crippen molar-refractivity contribution in [3.8, 4) is 0 Å². The number of benzene rings is 2. The van der Waals surface area contributed by atoms with Gasteiger partial charge in [-0.3, -0.25) is 4.99 Å². The second-order valence-electron chi connectivity index (χ2n) is 7.60. The standard InChI is InChI=1S/C22H27N3/c1-16-12-17(2)20-19(13-16)14-22(8-10-23-11-9-22)21(25-20)24-15-18-6-4-3-5-7-18/h3-7,12-13,23H,8-11,14-15H2,1-2H3,(H,24,25). The van der Waals surface area contributed by atoms with Gasteiger partial charge in [-0.15, -0.1) is 0 Å². The molecule has 0 aliphatic carbocycles. The van der Waals surface area contributed by atoms with E-state index in [1.54, 1.807) is 0 Å². The van der Waals surface area contributed by atoms with Gasteiger partial charge in [0.1, 0.15) is 5.84 Å². The summed E-state index contributed by atoms with van der Waals surface area (Å²) in [4.78, 5) is 5.07. The molecule has 2 aromatic carbocycles. The molecule has 0 saturated carbocycles. The maximum Gasteiger partial charge on any atom is 0.108 e. The molecule has 0 unspecified atom stereocenters. The van der Waals surface area contributed by atoms with Crippen LogP contribution in [0.4, 0.5) is 5.69 Å². The van der Waals surface area contributed by atoms with Crippen LogP contribution < -0.4 is 10.6 Å². The molecule has 1 fully saturated rings. The molecular weight excluding hydrogens is 306 g/mol. The van der Waals surface area contributed by atoms with Crippen molar-refractivity contribution in [2.24, 2.45) is 10.4 Å². The second kappa shape index (κ2) is 6.64. The molecule has 3 nitrogen and oxygen atoms in total. The minimum Gasteiger partial charge on any atom is -0.343 e. The van der Waals surface area contributed by atoms with E-state index in [-0.39, 0.29) is 5.41 Å². The molecular formula is C22H27N3. The van der Waals surface area contributed by atoms with Crippen molar-refractivity contribution in [1.29, 1.82) is 0 Å². The van der Waals surface area contributed by atoms with Crippen molar-refractivity contribution in [1.82, 2.24) is 5.32 Å². The van der Waals surface area contributed by atoms with Crippen LogP contribution >= 0.6 is 0 Å². The van der Waals surface area contributed by atoms with Crippen LogP contribution in [0, 0.1) is 19.3 Å². The molecule has 0 atom stereocenters. The van der Waals surface area contributed by atoms with Gasteiger partial charge in [0.05, 0.1) is 6.54 Å². The highest BCUT2D eigenvalue weighted by molar-refractivity contribution is 6.03. The first-order valence-electron chi connectivity index (χ1n) is 9.33. The number of nitrogens with zero attached hydrogens (tertiary/aromatic N) is 1. The van der Waals surface area contributed by atoms with E-state index in [4.69, 9.17) is 4.99 Å². The Morgan fingerprint density at radius 3 is 2.56 bits per heavy atom. The molecule has 0 aromatic heterocycles. The molecule has 2 heterocycles. The molecule has 1 spiro atoms. The smallest absolute Gasteiger partial charge is 0.108 e. The van der Waals surface area contributed by atoms with E-state index >= 15 is 0 Å². The molecule has 3 heteroatoms. The lowest BCUT2D eigenvalue weighted by Crippen LogP contribution is -2.49. The van der Waals surface area contributed by atoms with Gasteiger partial charge < -0.3 is 10.6 Å². The molecule has 25 heavy (non-hydrogen) atoms. The molecule has 0 bridgehead atoms. The van der Waals surface area contributed by atoms with Crippen molar-refractivity contribution < 1.29 is 0 Å². The van der Waals surface area contributed by atoms with Crippen LogP contribution in [0.5, 0.6) is 0 Å². The number of hydrogen-bond donors (Lipinski definition) is 2. The van der Waals surface area contributed by atoms with Gasteiger partial charge in [-0.05, 0) is 62.9 Å². The zero-order valence-corrected chi connectivity index (χ0v) is 15.2. The predicted octanol–water partition coefficient (Wildman–Crippen LogP) is 4.24. The van der Waals surface area contributed by atoms with E-state index in [9.17, 15) is 0 Å². The minimum atomic E-state index is 0.160.